The van der Waals surface area contributed by atoms with Gasteiger partial charge in [0.2, 0.25) is 10.0 Å². The molecule has 0 saturated carbocycles. The minimum absolute atomic E-state index is 0.0262. The van der Waals surface area contributed by atoms with Gasteiger partial charge in [-0.25, -0.2) is 13.1 Å². The molecule has 0 bridgehead atoms. The van der Waals surface area contributed by atoms with E-state index in [-0.39, 0.29) is 5.75 Å². The molecule has 2 aromatic heterocycles. The molecule has 0 saturated heterocycles. The highest BCUT2D eigenvalue weighted by Gasteiger charge is 2.24. The van der Waals surface area contributed by atoms with E-state index < -0.39 is 10.0 Å². The van der Waals surface area contributed by atoms with Crippen LogP contribution in [-0.2, 0) is 16.6 Å². The molecule has 24 heavy (non-hydrogen) atoms. The normalized spacial score (nSPS) is 15.3. The number of anilines is 1. The van der Waals surface area contributed by atoms with Crippen LogP contribution in [0.4, 0.5) is 5.82 Å². The Bertz CT molecular complexity index is 966. The lowest BCUT2D eigenvalue weighted by Gasteiger charge is -2.17. The predicted molar refractivity (Wildman–Crippen MR) is 89.4 cm³/mol. The molecule has 0 atom stereocenters. The number of fused-ring (bicyclic) bond motifs is 1. The number of hydrogen-bond acceptors (Lipinski definition) is 5. The second-order valence-corrected chi connectivity index (χ2v) is 7.19. The quantitative estimate of drug-likeness (QED) is 0.790. The lowest BCUT2D eigenvalue weighted by molar-refractivity contribution is 0.480. The largest absolute Gasteiger partial charge is 0.456 e. The van der Waals surface area contributed by atoms with E-state index in [4.69, 9.17) is 4.74 Å². The Morgan fingerprint density at radius 3 is 2.62 bits per heavy atom. The molecule has 7 nitrogen and oxygen atoms in total. The summed E-state index contributed by atoms with van der Waals surface area (Å²) in [6.45, 7) is 0.333. The van der Waals surface area contributed by atoms with Crippen molar-refractivity contribution >= 4 is 15.8 Å². The van der Waals surface area contributed by atoms with E-state index >= 15 is 0 Å². The number of aryl methyl sites for hydroxylation is 1. The van der Waals surface area contributed by atoms with Gasteiger partial charge in [-0.2, -0.15) is 5.10 Å². The number of hydrogen-bond donors (Lipinski definition) is 1. The highest BCUT2D eigenvalue weighted by molar-refractivity contribution is 7.92. The van der Waals surface area contributed by atoms with Crippen molar-refractivity contribution in [2.75, 3.05) is 10.5 Å². The molecule has 3 aromatic rings. The van der Waals surface area contributed by atoms with E-state index in [1.165, 1.54) is 0 Å². The maximum absolute atomic E-state index is 11.8. The number of rotatable bonds is 3. The van der Waals surface area contributed by atoms with Crippen LogP contribution in [0, 0.1) is 0 Å². The van der Waals surface area contributed by atoms with E-state index in [9.17, 15) is 8.42 Å². The molecule has 1 N–H and O–H groups in total. The first-order chi connectivity index (χ1) is 11.6. The van der Waals surface area contributed by atoms with Crippen molar-refractivity contribution in [3.8, 4) is 22.8 Å². The standard InChI is InChI=1S/C16H14N4O3S/c21-24(22)9-8-20-16(19-24)14(11-18-20)15-7-6-13(10-17-15)23-12-4-2-1-3-5-12/h1-7,10-11,19H,8-9H2. The van der Waals surface area contributed by atoms with Crippen LogP contribution in [0.1, 0.15) is 0 Å². The van der Waals surface area contributed by atoms with Crippen molar-refractivity contribution in [2.45, 2.75) is 6.54 Å². The fourth-order valence-electron chi connectivity index (χ4n) is 2.48. The number of pyridine rings is 1. The van der Waals surface area contributed by atoms with Gasteiger partial charge in [-0.15, -0.1) is 0 Å². The topological polar surface area (TPSA) is 86.1 Å². The first-order valence-electron chi connectivity index (χ1n) is 7.36. The van der Waals surface area contributed by atoms with Gasteiger partial charge in [-0.1, -0.05) is 18.2 Å². The third-order valence-electron chi connectivity index (χ3n) is 3.65. The van der Waals surface area contributed by atoms with Crippen LogP contribution in [0.15, 0.2) is 54.9 Å². The Kier molecular flexibility index (Phi) is 3.46. The summed E-state index contributed by atoms with van der Waals surface area (Å²) in [6.07, 6.45) is 3.22. The zero-order valence-corrected chi connectivity index (χ0v) is 13.4. The molecular formula is C16H14N4O3S. The van der Waals surface area contributed by atoms with Gasteiger partial charge in [0.25, 0.3) is 0 Å². The molecule has 8 heteroatoms. The highest BCUT2D eigenvalue weighted by atomic mass is 32.2. The Morgan fingerprint density at radius 1 is 1.04 bits per heavy atom. The van der Waals surface area contributed by atoms with Gasteiger partial charge < -0.3 is 4.74 Å². The van der Waals surface area contributed by atoms with Crippen molar-refractivity contribution in [3.05, 3.63) is 54.9 Å². The molecule has 4 rings (SSSR count). The molecule has 1 aliphatic heterocycles. The SMILES string of the molecule is O=S1(=O)CCn2ncc(-c3ccc(Oc4ccccc4)cn3)c2N1. The zero-order chi connectivity index (χ0) is 16.6. The van der Waals surface area contributed by atoms with E-state index in [1.54, 1.807) is 29.2 Å². The lowest BCUT2D eigenvalue weighted by Crippen LogP contribution is -2.28. The van der Waals surface area contributed by atoms with E-state index in [0.717, 1.165) is 5.75 Å². The van der Waals surface area contributed by atoms with Crippen LogP contribution in [0.2, 0.25) is 0 Å². The van der Waals surface area contributed by atoms with Gasteiger partial charge in [0.1, 0.15) is 17.3 Å². The third-order valence-corrected chi connectivity index (χ3v) is 4.88. The molecule has 0 spiro atoms. The molecule has 3 heterocycles. The lowest BCUT2D eigenvalue weighted by atomic mass is 10.2. The summed E-state index contributed by atoms with van der Waals surface area (Å²) in [5.41, 5.74) is 1.27. The van der Waals surface area contributed by atoms with E-state index in [0.29, 0.717) is 29.4 Å². The molecule has 0 unspecified atom stereocenters. The average Bonchev–Trinajstić information content (AvgIpc) is 2.98. The fourth-order valence-corrected chi connectivity index (χ4v) is 3.50. The average molecular weight is 342 g/mol. The van der Waals surface area contributed by atoms with Gasteiger partial charge in [0.05, 0.1) is 35.9 Å². The summed E-state index contributed by atoms with van der Waals surface area (Å²) in [5, 5.41) is 4.21. The number of nitrogens with zero attached hydrogens (tertiary/aromatic N) is 3. The van der Waals surface area contributed by atoms with Gasteiger partial charge in [0, 0.05) is 0 Å². The van der Waals surface area contributed by atoms with Gasteiger partial charge >= 0.3 is 0 Å². The van der Waals surface area contributed by atoms with E-state index in [1.807, 2.05) is 30.3 Å². The summed E-state index contributed by atoms with van der Waals surface area (Å²) >= 11 is 0. The fraction of sp³-hybridized carbons (Fsp3) is 0.125. The number of para-hydroxylation sites is 1. The molecule has 122 valence electrons. The molecule has 1 aromatic carbocycles. The number of benzene rings is 1. The van der Waals surface area contributed by atoms with Crippen LogP contribution >= 0.6 is 0 Å². The van der Waals surface area contributed by atoms with Crippen molar-refractivity contribution in [1.29, 1.82) is 0 Å². The Labute approximate surface area is 139 Å². The summed E-state index contributed by atoms with van der Waals surface area (Å²) in [5.74, 6) is 1.80. The highest BCUT2D eigenvalue weighted by Crippen LogP contribution is 2.30. The summed E-state index contributed by atoms with van der Waals surface area (Å²) in [7, 11) is -3.31. The molecular weight excluding hydrogens is 328 g/mol. The number of ether oxygens (including phenoxy) is 1. The first-order valence-corrected chi connectivity index (χ1v) is 9.02. The van der Waals surface area contributed by atoms with Crippen LogP contribution < -0.4 is 9.46 Å². The zero-order valence-electron chi connectivity index (χ0n) is 12.6. The number of sulfonamides is 1. The summed E-state index contributed by atoms with van der Waals surface area (Å²) < 4.78 is 33.4. The Hall–Kier alpha value is -2.87. The maximum Gasteiger partial charge on any atom is 0.235 e. The number of nitrogens with one attached hydrogen (secondary N) is 1. The molecule has 0 fully saturated rings. The molecule has 0 aliphatic carbocycles. The van der Waals surface area contributed by atoms with Crippen molar-refractivity contribution in [2.24, 2.45) is 0 Å². The monoisotopic (exact) mass is 342 g/mol. The minimum atomic E-state index is -3.31. The summed E-state index contributed by atoms with van der Waals surface area (Å²) in [6, 6.07) is 13.0. The Balaban J connectivity index is 1.61. The van der Waals surface area contributed by atoms with Crippen LogP contribution in [0.3, 0.4) is 0 Å². The third kappa shape index (κ3) is 2.83. The van der Waals surface area contributed by atoms with Crippen molar-refractivity contribution in [1.82, 2.24) is 14.8 Å². The van der Waals surface area contributed by atoms with Crippen LogP contribution in [0.5, 0.6) is 11.5 Å². The minimum Gasteiger partial charge on any atom is -0.456 e. The molecule has 0 amide bonds. The van der Waals surface area contributed by atoms with Crippen LogP contribution in [0.25, 0.3) is 11.3 Å². The predicted octanol–water partition coefficient (Wildman–Crippen LogP) is 2.49. The van der Waals surface area contributed by atoms with Crippen molar-refractivity contribution < 1.29 is 13.2 Å². The second kappa shape index (κ2) is 5.64. The molecule has 1 aliphatic rings. The van der Waals surface area contributed by atoms with Gasteiger partial charge in [-0.05, 0) is 24.3 Å². The van der Waals surface area contributed by atoms with Gasteiger partial charge in [-0.3, -0.25) is 9.71 Å². The van der Waals surface area contributed by atoms with Gasteiger partial charge in [0.15, 0.2) is 0 Å². The second-order valence-electron chi connectivity index (χ2n) is 5.35. The Morgan fingerprint density at radius 2 is 1.88 bits per heavy atom. The summed E-state index contributed by atoms with van der Waals surface area (Å²) in [4.78, 5) is 4.36. The smallest absolute Gasteiger partial charge is 0.235 e. The van der Waals surface area contributed by atoms with Crippen molar-refractivity contribution in [3.63, 3.8) is 0 Å². The number of aromatic nitrogens is 3. The molecule has 0 radical (unpaired) electrons. The first kappa shape index (κ1) is 14.7. The maximum atomic E-state index is 11.8. The van der Waals surface area contributed by atoms with Crippen LogP contribution in [-0.4, -0.2) is 28.9 Å². The van der Waals surface area contributed by atoms with E-state index in [2.05, 4.69) is 14.8 Å².